The summed E-state index contributed by atoms with van der Waals surface area (Å²) in [6.07, 6.45) is 0. The van der Waals surface area contributed by atoms with Crippen LogP contribution in [0.5, 0.6) is 5.75 Å². The molecule has 0 bridgehead atoms. The molecule has 0 radical (unpaired) electrons. The lowest BCUT2D eigenvalue weighted by Crippen LogP contribution is -2.35. The van der Waals surface area contributed by atoms with Crippen LogP contribution in [0.2, 0.25) is 0 Å². The number of methoxy groups -OCH3 is 1. The Hall–Kier alpha value is -1.06. The number of ether oxygens (including phenoxy) is 1. The summed E-state index contributed by atoms with van der Waals surface area (Å²) in [5.74, 6) is 0.928. The second kappa shape index (κ2) is 6.03. The van der Waals surface area contributed by atoms with Crippen LogP contribution in [-0.2, 0) is 0 Å². The summed E-state index contributed by atoms with van der Waals surface area (Å²) in [7, 11) is 3.81. The van der Waals surface area contributed by atoms with Crippen molar-refractivity contribution >= 4 is 0 Å². The van der Waals surface area contributed by atoms with Crippen LogP contribution < -0.4 is 10.5 Å². The van der Waals surface area contributed by atoms with Gasteiger partial charge in [-0.15, -0.1) is 0 Å². The lowest BCUT2D eigenvalue weighted by atomic mass is 10.0. The van der Waals surface area contributed by atoms with Gasteiger partial charge in [-0.1, -0.05) is 12.1 Å². The normalized spacial score (nSPS) is 13.2. The second-order valence-corrected chi connectivity index (χ2v) is 4.74. The van der Waals surface area contributed by atoms with Crippen molar-refractivity contribution in [2.45, 2.75) is 32.9 Å². The number of hydrogen-bond donors (Lipinski definition) is 1. The number of nitrogens with two attached hydrogens (primary N) is 1. The van der Waals surface area contributed by atoms with Gasteiger partial charge < -0.3 is 10.5 Å². The molecule has 0 saturated heterocycles. The van der Waals surface area contributed by atoms with Crippen LogP contribution in [0.25, 0.3) is 0 Å². The predicted octanol–water partition coefficient (Wildman–Crippen LogP) is 2.34. The molecule has 17 heavy (non-hydrogen) atoms. The Bertz CT molecular complexity index is 363. The molecule has 0 aliphatic carbocycles. The van der Waals surface area contributed by atoms with Crippen LogP contribution in [0.4, 0.5) is 0 Å². The molecular formula is C14H24N2O. The first-order valence-electron chi connectivity index (χ1n) is 6.07. The lowest BCUT2D eigenvalue weighted by molar-refractivity contribution is 0.201. The molecule has 0 spiro atoms. The van der Waals surface area contributed by atoms with Crippen LogP contribution in [-0.4, -0.2) is 31.6 Å². The van der Waals surface area contributed by atoms with Gasteiger partial charge in [-0.3, -0.25) is 4.90 Å². The number of nitrogens with zero attached hydrogens (tertiary/aromatic N) is 1. The highest BCUT2D eigenvalue weighted by molar-refractivity contribution is 5.37. The zero-order valence-corrected chi connectivity index (χ0v) is 11.5. The third-order valence-electron chi connectivity index (χ3n) is 3.33. The van der Waals surface area contributed by atoms with Gasteiger partial charge in [0.15, 0.2) is 0 Å². The fourth-order valence-corrected chi connectivity index (χ4v) is 2.01. The summed E-state index contributed by atoms with van der Waals surface area (Å²) in [4.78, 5) is 2.29. The van der Waals surface area contributed by atoms with E-state index in [1.807, 2.05) is 6.07 Å². The number of aryl methyl sites for hydroxylation is 1. The van der Waals surface area contributed by atoms with E-state index in [-0.39, 0.29) is 6.04 Å². The molecule has 96 valence electrons. The van der Waals surface area contributed by atoms with Crippen LogP contribution >= 0.6 is 0 Å². The van der Waals surface area contributed by atoms with Gasteiger partial charge in [0.25, 0.3) is 0 Å². The molecule has 0 aliphatic rings. The average Bonchev–Trinajstić information content (AvgIpc) is 2.30. The minimum atomic E-state index is 0.264. The number of hydrogen-bond acceptors (Lipinski definition) is 3. The fourth-order valence-electron chi connectivity index (χ4n) is 2.01. The van der Waals surface area contributed by atoms with Gasteiger partial charge in [-0.25, -0.2) is 0 Å². The Morgan fingerprint density at radius 3 is 2.41 bits per heavy atom. The lowest BCUT2D eigenvalue weighted by Gasteiger charge is -2.31. The van der Waals surface area contributed by atoms with Crippen molar-refractivity contribution in [3.63, 3.8) is 0 Å². The molecule has 0 aromatic heterocycles. The minimum absolute atomic E-state index is 0.264. The van der Waals surface area contributed by atoms with Gasteiger partial charge >= 0.3 is 0 Å². The summed E-state index contributed by atoms with van der Waals surface area (Å²) in [5, 5.41) is 0. The molecule has 3 nitrogen and oxygen atoms in total. The van der Waals surface area contributed by atoms with Gasteiger partial charge in [-0.2, -0.15) is 0 Å². The van der Waals surface area contributed by atoms with Gasteiger partial charge in [0, 0.05) is 18.6 Å². The fraction of sp³-hybridized carbons (Fsp3) is 0.571. The standard InChI is InChI=1S/C14H24N2O/c1-10(2)16(4)13(9-15)12-6-7-14(17-5)11(3)8-12/h6-8,10,13H,9,15H2,1-5H3. The van der Waals surface area contributed by atoms with E-state index in [1.165, 1.54) is 5.56 Å². The molecule has 1 unspecified atom stereocenters. The van der Waals surface area contributed by atoms with Gasteiger partial charge in [0.1, 0.15) is 5.75 Å². The van der Waals surface area contributed by atoms with E-state index >= 15 is 0 Å². The molecule has 0 amide bonds. The maximum Gasteiger partial charge on any atom is 0.121 e. The van der Waals surface area contributed by atoms with Gasteiger partial charge in [0.05, 0.1) is 7.11 Å². The first kappa shape index (κ1) is 14.0. The minimum Gasteiger partial charge on any atom is -0.496 e. The molecule has 2 N–H and O–H groups in total. The van der Waals surface area contributed by atoms with Crippen LogP contribution in [0.15, 0.2) is 18.2 Å². The average molecular weight is 236 g/mol. The molecule has 1 aromatic carbocycles. The van der Waals surface area contributed by atoms with E-state index in [0.717, 1.165) is 11.3 Å². The molecule has 0 heterocycles. The Balaban J connectivity index is 3.00. The van der Waals surface area contributed by atoms with Crippen molar-refractivity contribution in [3.05, 3.63) is 29.3 Å². The van der Waals surface area contributed by atoms with Crippen molar-refractivity contribution in [1.29, 1.82) is 0 Å². The van der Waals surface area contributed by atoms with E-state index in [0.29, 0.717) is 12.6 Å². The highest BCUT2D eigenvalue weighted by atomic mass is 16.5. The summed E-state index contributed by atoms with van der Waals surface area (Å²) in [5.41, 5.74) is 8.30. The monoisotopic (exact) mass is 236 g/mol. The molecule has 0 fully saturated rings. The maximum atomic E-state index is 5.89. The van der Waals surface area contributed by atoms with Crippen molar-refractivity contribution in [1.82, 2.24) is 4.90 Å². The molecule has 0 saturated carbocycles. The first-order valence-corrected chi connectivity index (χ1v) is 6.07. The molecule has 1 atom stereocenters. The van der Waals surface area contributed by atoms with Gasteiger partial charge in [-0.05, 0) is 45.0 Å². The van der Waals surface area contributed by atoms with E-state index < -0.39 is 0 Å². The van der Waals surface area contributed by atoms with E-state index in [2.05, 4.69) is 44.9 Å². The van der Waals surface area contributed by atoms with Gasteiger partial charge in [0.2, 0.25) is 0 Å². The summed E-state index contributed by atoms with van der Waals surface area (Å²) in [6.45, 7) is 7.05. The van der Waals surface area contributed by atoms with E-state index in [1.54, 1.807) is 7.11 Å². The molecule has 1 aromatic rings. The zero-order valence-electron chi connectivity index (χ0n) is 11.5. The quantitative estimate of drug-likeness (QED) is 0.853. The van der Waals surface area contributed by atoms with E-state index in [9.17, 15) is 0 Å². The molecule has 1 rings (SSSR count). The largest absolute Gasteiger partial charge is 0.496 e. The number of benzene rings is 1. The second-order valence-electron chi connectivity index (χ2n) is 4.74. The van der Waals surface area contributed by atoms with Crippen LogP contribution in [0.3, 0.4) is 0 Å². The van der Waals surface area contributed by atoms with Crippen molar-refractivity contribution in [2.24, 2.45) is 5.73 Å². The number of rotatable bonds is 5. The third-order valence-corrected chi connectivity index (χ3v) is 3.33. The van der Waals surface area contributed by atoms with Crippen molar-refractivity contribution < 1.29 is 4.74 Å². The maximum absolute atomic E-state index is 5.89. The molecule has 0 aliphatic heterocycles. The Morgan fingerprint density at radius 2 is 2.00 bits per heavy atom. The molecule has 3 heteroatoms. The first-order chi connectivity index (χ1) is 8.01. The highest BCUT2D eigenvalue weighted by Crippen LogP contribution is 2.25. The van der Waals surface area contributed by atoms with Crippen LogP contribution in [0.1, 0.15) is 31.0 Å². The third kappa shape index (κ3) is 3.20. The Labute approximate surface area is 105 Å². The highest BCUT2D eigenvalue weighted by Gasteiger charge is 2.18. The van der Waals surface area contributed by atoms with Crippen LogP contribution in [0, 0.1) is 6.92 Å². The molecular weight excluding hydrogens is 212 g/mol. The van der Waals surface area contributed by atoms with Crippen molar-refractivity contribution in [3.8, 4) is 5.75 Å². The summed E-state index contributed by atoms with van der Waals surface area (Å²) >= 11 is 0. The summed E-state index contributed by atoms with van der Waals surface area (Å²) in [6, 6.07) is 7.02. The smallest absolute Gasteiger partial charge is 0.121 e. The van der Waals surface area contributed by atoms with Crippen molar-refractivity contribution in [2.75, 3.05) is 20.7 Å². The Kier molecular flexibility index (Phi) is 4.97. The number of likely N-dealkylation sites (N-methyl/N-ethyl adjacent to an activating group) is 1. The summed E-state index contributed by atoms with van der Waals surface area (Å²) < 4.78 is 5.28. The topological polar surface area (TPSA) is 38.5 Å². The zero-order chi connectivity index (χ0) is 13.0. The Morgan fingerprint density at radius 1 is 1.35 bits per heavy atom. The van der Waals surface area contributed by atoms with E-state index in [4.69, 9.17) is 10.5 Å². The predicted molar refractivity (Wildman–Crippen MR) is 72.4 cm³/mol. The SMILES string of the molecule is COc1ccc(C(CN)N(C)C(C)C)cc1C.